The fourth-order valence-electron chi connectivity index (χ4n) is 4.08. The van der Waals surface area contributed by atoms with Gasteiger partial charge in [0.25, 0.3) is 0 Å². The molecule has 0 saturated carbocycles. The maximum atomic E-state index is 13.2. The molecule has 1 heterocycles. The molecule has 3 rings (SSSR count). The van der Waals surface area contributed by atoms with Crippen LogP contribution >= 0.6 is 0 Å². The SMILES string of the molecule is CC(C)C(=O)NC1CCC(COCc2cc(C(F)(F)F)cc(C(F)(F)F)c2)(c2ccccc2)NC1. The highest BCUT2D eigenvalue weighted by Crippen LogP contribution is 2.37. The molecule has 2 N–H and O–H groups in total. The summed E-state index contributed by atoms with van der Waals surface area (Å²) >= 11 is 0. The lowest BCUT2D eigenvalue weighted by atomic mass is 9.81. The molecule has 1 aliphatic heterocycles. The number of benzene rings is 2. The second kappa shape index (κ2) is 10.6. The average molecular weight is 502 g/mol. The number of halogens is 6. The first-order valence-electron chi connectivity index (χ1n) is 11.3. The monoisotopic (exact) mass is 502 g/mol. The number of carbonyl (C=O) groups is 1. The van der Waals surface area contributed by atoms with E-state index in [9.17, 15) is 31.1 Å². The minimum absolute atomic E-state index is 0.0272. The summed E-state index contributed by atoms with van der Waals surface area (Å²) in [4.78, 5) is 12.0. The van der Waals surface area contributed by atoms with Gasteiger partial charge >= 0.3 is 12.4 Å². The number of nitrogens with one attached hydrogen (secondary N) is 2. The number of ether oxygens (including phenoxy) is 1. The van der Waals surface area contributed by atoms with Gasteiger partial charge < -0.3 is 15.4 Å². The molecule has 4 nitrogen and oxygen atoms in total. The summed E-state index contributed by atoms with van der Waals surface area (Å²) in [6.45, 7) is 3.64. The van der Waals surface area contributed by atoms with Crippen LogP contribution < -0.4 is 10.6 Å². The highest BCUT2D eigenvalue weighted by atomic mass is 19.4. The molecule has 0 spiro atoms. The van der Waals surface area contributed by atoms with Crippen molar-refractivity contribution in [2.75, 3.05) is 13.2 Å². The minimum Gasteiger partial charge on any atom is -0.374 e. The lowest BCUT2D eigenvalue weighted by Crippen LogP contribution is -2.57. The van der Waals surface area contributed by atoms with Gasteiger partial charge in [-0.15, -0.1) is 0 Å². The molecular formula is C25H28F6N2O2. The molecule has 2 atom stereocenters. The Morgan fingerprint density at radius 2 is 1.66 bits per heavy atom. The number of piperidine rings is 1. The van der Waals surface area contributed by atoms with Gasteiger partial charge in [0.05, 0.1) is 29.9 Å². The third kappa shape index (κ3) is 6.98. The van der Waals surface area contributed by atoms with Crippen molar-refractivity contribution in [2.24, 2.45) is 5.92 Å². The van der Waals surface area contributed by atoms with Crippen LogP contribution in [0.5, 0.6) is 0 Å². The van der Waals surface area contributed by atoms with E-state index in [0.29, 0.717) is 31.5 Å². The van der Waals surface area contributed by atoms with Crippen molar-refractivity contribution >= 4 is 5.91 Å². The molecule has 2 aromatic rings. The molecule has 2 unspecified atom stereocenters. The van der Waals surface area contributed by atoms with Crippen LogP contribution in [-0.2, 0) is 34.0 Å². The summed E-state index contributed by atoms with van der Waals surface area (Å²) in [6.07, 6.45) is -8.65. The summed E-state index contributed by atoms with van der Waals surface area (Å²) in [5, 5.41) is 6.38. The van der Waals surface area contributed by atoms with Gasteiger partial charge in [0, 0.05) is 18.5 Å². The second-order valence-corrected chi connectivity index (χ2v) is 9.13. The fourth-order valence-corrected chi connectivity index (χ4v) is 4.08. The molecule has 1 amide bonds. The molecule has 1 aliphatic rings. The normalized spacial score (nSPS) is 21.2. The van der Waals surface area contributed by atoms with E-state index < -0.39 is 35.6 Å². The fraction of sp³-hybridized carbons (Fsp3) is 0.480. The Morgan fingerprint density at radius 1 is 1.06 bits per heavy atom. The molecule has 0 radical (unpaired) electrons. The van der Waals surface area contributed by atoms with Crippen LogP contribution in [0.4, 0.5) is 26.3 Å². The summed E-state index contributed by atoms with van der Waals surface area (Å²) in [5.74, 6) is -0.224. The van der Waals surface area contributed by atoms with Crippen molar-refractivity contribution < 1.29 is 35.9 Å². The zero-order valence-electron chi connectivity index (χ0n) is 19.4. The molecule has 2 aromatic carbocycles. The summed E-state index contributed by atoms with van der Waals surface area (Å²) in [7, 11) is 0. The molecule has 35 heavy (non-hydrogen) atoms. The largest absolute Gasteiger partial charge is 0.416 e. The van der Waals surface area contributed by atoms with Crippen molar-refractivity contribution in [1.29, 1.82) is 0 Å². The van der Waals surface area contributed by atoms with Crippen LogP contribution in [-0.4, -0.2) is 25.1 Å². The lowest BCUT2D eigenvalue weighted by Gasteiger charge is -2.42. The topological polar surface area (TPSA) is 50.4 Å². The Labute approximate surface area is 200 Å². The third-order valence-corrected chi connectivity index (χ3v) is 6.07. The first-order chi connectivity index (χ1) is 16.3. The zero-order valence-corrected chi connectivity index (χ0v) is 19.4. The van der Waals surface area contributed by atoms with E-state index in [1.54, 1.807) is 13.8 Å². The van der Waals surface area contributed by atoms with Gasteiger partial charge in [-0.05, 0) is 42.2 Å². The van der Waals surface area contributed by atoms with Crippen molar-refractivity contribution in [3.8, 4) is 0 Å². The summed E-state index contributed by atoms with van der Waals surface area (Å²) in [5.41, 5.74) is -2.78. The van der Waals surface area contributed by atoms with Crippen molar-refractivity contribution in [3.05, 3.63) is 70.8 Å². The Balaban J connectivity index is 1.76. The van der Waals surface area contributed by atoms with Crippen LogP contribution in [0.1, 0.15) is 48.9 Å². The van der Waals surface area contributed by atoms with Crippen LogP contribution in [0.25, 0.3) is 0 Å². The molecule has 0 aliphatic carbocycles. The quantitative estimate of drug-likeness (QED) is 0.481. The Morgan fingerprint density at radius 3 is 2.14 bits per heavy atom. The second-order valence-electron chi connectivity index (χ2n) is 9.13. The number of carbonyl (C=O) groups excluding carboxylic acids is 1. The van der Waals surface area contributed by atoms with Crippen molar-refractivity contribution in [3.63, 3.8) is 0 Å². The Hall–Kier alpha value is -2.59. The highest BCUT2D eigenvalue weighted by Gasteiger charge is 2.39. The number of amides is 1. The Bertz CT molecular complexity index is 965. The van der Waals surface area contributed by atoms with Crippen LogP contribution in [0.3, 0.4) is 0 Å². The first-order valence-corrected chi connectivity index (χ1v) is 11.3. The van der Waals surface area contributed by atoms with Gasteiger partial charge in [0.2, 0.25) is 5.91 Å². The molecule has 10 heteroatoms. The van der Waals surface area contributed by atoms with Gasteiger partial charge in [0.15, 0.2) is 0 Å². The van der Waals surface area contributed by atoms with Crippen LogP contribution in [0.2, 0.25) is 0 Å². The smallest absolute Gasteiger partial charge is 0.374 e. The predicted octanol–water partition coefficient (Wildman–Crippen LogP) is 5.66. The van der Waals surface area contributed by atoms with E-state index in [1.165, 1.54) is 0 Å². The van der Waals surface area contributed by atoms with E-state index in [-0.39, 0.29) is 36.1 Å². The van der Waals surface area contributed by atoms with Crippen LogP contribution in [0.15, 0.2) is 48.5 Å². The molecular weight excluding hydrogens is 474 g/mol. The molecule has 192 valence electrons. The van der Waals surface area contributed by atoms with Crippen LogP contribution in [0, 0.1) is 5.92 Å². The van der Waals surface area contributed by atoms with Gasteiger partial charge in [-0.25, -0.2) is 0 Å². The number of rotatable bonds is 7. The average Bonchev–Trinajstić information content (AvgIpc) is 2.79. The van der Waals surface area contributed by atoms with Gasteiger partial charge in [-0.1, -0.05) is 44.2 Å². The van der Waals surface area contributed by atoms with Crippen molar-refractivity contribution in [2.45, 2.75) is 57.2 Å². The highest BCUT2D eigenvalue weighted by molar-refractivity contribution is 5.78. The Kier molecular flexibility index (Phi) is 8.16. The van der Waals surface area contributed by atoms with E-state index >= 15 is 0 Å². The zero-order chi connectivity index (χ0) is 25.9. The standard InChI is InChI=1S/C25H28F6N2O2/c1-16(2)22(34)33-21-8-9-23(32-13-21,18-6-4-3-5-7-18)15-35-14-17-10-19(24(26,27)28)12-20(11-17)25(29,30)31/h3-7,10-12,16,21,32H,8-9,13-15H2,1-2H3,(H,33,34). The number of alkyl halides is 6. The lowest BCUT2D eigenvalue weighted by molar-refractivity contribution is -0.143. The van der Waals surface area contributed by atoms with Crippen molar-refractivity contribution in [1.82, 2.24) is 10.6 Å². The molecule has 0 bridgehead atoms. The third-order valence-electron chi connectivity index (χ3n) is 6.07. The molecule has 0 aromatic heterocycles. The van der Waals surface area contributed by atoms with Gasteiger partial charge in [-0.2, -0.15) is 26.3 Å². The van der Waals surface area contributed by atoms with E-state index in [4.69, 9.17) is 4.74 Å². The van der Waals surface area contributed by atoms with Gasteiger partial charge in [-0.3, -0.25) is 4.79 Å². The summed E-state index contributed by atoms with van der Waals surface area (Å²) < 4.78 is 84.7. The molecule has 1 saturated heterocycles. The minimum atomic E-state index is -4.92. The van der Waals surface area contributed by atoms with E-state index in [0.717, 1.165) is 5.56 Å². The maximum absolute atomic E-state index is 13.2. The number of hydrogen-bond donors (Lipinski definition) is 2. The molecule has 1 fully saturated rings. The van der Waals surface area contributed by atoms with E-state index in [1.807, 2.05) is 30.3 Å². The van der Waals surface area contributed by atoms with Gasteiger partial charge in [0.1, 0.15) is 0 Å². The number of hydrogen-bond acceptors (Lipinski definition) is 3. The summed E-state index contributed by atoms with van der Waals surface area (Å²) in [6, 6.07) is 10.6. The van der Waals surface area contributed by atoms with E-state index in [2.05, 4.69) is 10.6 Å². The first kappa shape index (κ1) is 27.0. The predicted molar refractivity (Wildman–Crippen MR) is 118 cm³/mol. The maximum Gasteiger partial charge on any atom is 0.416 e.